The van der Waals surface area contributed by atoms with E-state index in [1.165, 1.54) is 11.8 Å². The lowest BCUT2D eigenvalue weighted by molar-refractivity contribution is 1.39. The summed E-state index contributed by atoms with van der Waals surface area (Å²) in [5, 5.41) is 9.32. The Morgan fingerprint density at radius 3 is 2.53 bits per heavy atom. The summed E-state index contributed by atoms with van der Waals surface area (Å²) < 4.78 is 0. The summed E-state index contributed by atoms with van der Waals surface area (Å²) in [5.41, 5.74) is 7.13. The third-order valence-corrected chi connectivity index (χ3v) is 3.79. The molecule has 0 aliphatic rings. The van der Waals surface area contributed by atoms with E-state index in [9.17, 15) is 0 Å². The number of benzene rings is 2. The molecule has 2 aromatic carbocycles. The Hall–Kier alpha value is -1.63. The third-order valence-electron chi connectivity index (χ3n) is 2.20. The lowest BCUT2D eigenvalue weighted by Gasteiger charge is -2.06. The highest BCUT2D eigenvalue weighted by atomic mass is 35.5. The van der Waals surface area contributed by atoms with Crippen LogP contribution >= 0.6 is 23.4 Å². The summed E-state index contributed by atoms with van der Waals surface area (Å²) in [4.78, 5) is 1.85. The van der Waals surface area contributed by atoms with Gasteiger partial charge in [-0.25, -0.2) is 0 Å². The molecule has 0 amide bonds. The molecule has 2 rings (SSSR count). The van der Waals surface area contributed by atoms with Gasteiger partial charge in [0.2, 0.25) is 0 Å². The Morgan fingerprint density at radius 2 is 1.88 bits per heavy atom. The first kappa shape index (κ1) is 11.8. The molecular weight excluding hydrogens is 252 g/mol. The largest absolute Gasteiger partial charge is 0.398 e. The fourth-order valence-corrected chi connectivity index (χ4v) is 2.50. The van der Waals surface area contributed by atoms with Crippen LogP contribution in [0.2, 0.25) is 5.02 Å². The van der Waals surface area contributed by atoms with Crippen LogP contribution in [-0.2, 0) is 0 Å². The predicted molar refractivity (Wildman–Crippen MR) is 71.1 cm³/mol. The summed E-state index contributed by atoms with van der Waals surface area (Å²) in [5.74, 6) is 0. The summed E-state index contributed by atoms with van der Waals surface area (Å²) in [6.45, 7) is 0. The number of nitrogen functional groups attached to an aromatic ring is 1. The Balaban J connectivity index is 2.32. The normalized spacial score (nSPS) is 9.88. The molecule has 2 aromatic rings. The lowest BCUT2D eigenvalue weighted by atomic mass is 10.2. The Kier molecular flexibility index (Phi) is 3.58. The molecule has 4 heteroatoms. The number of halogens is 1. The molecule has 0 aliphatic heterocycles. The van der Waals surface area contributed by atoms with Crippen LogP contribution in [-0.4, -0.2) is 0 Å². The fraction of sp³-hybridized carbons (Fsp3) is 0. The van der Waals surface area contributed by atoms with Crippen LogP contribution in [0.1, 0.15) is 5.56 Å². The molecule has 2 N–H and O–H groups in total. The Labute approximate surface area is 109 Å². The Bertz CT molecular complexity index is 590. The zero-order chi connectivity index (χ0) is 12.3. The first-order valence-corrected chi connectivity index (χ1v) is 6.12. The maximum atomic E-state index is 8.75. The lowest BCUT2D eigenvalue weighted by Crippen LogP contribution is -1.87. The van der Waals surface area contributed by atoms with Gasteiger partial charge in [0.25, 0.3) is 0 Å². The summed E-state index contributed by atoms with van der Waals surface area (Å²) in [6, 6.07) is 14.9. The van der Waals surface area contributed by atoms with E-state index >= 15 is 0 Å². The first-order chi connectivity index (χ1) is 8.20. The highest BCUT2D eigenvalue weighted by molar-refractivity contribution is 7.99. The average Bonchev–Trinajstić information content (AvgIpc) is 2.34. The van der Waals surface area contributed by atoms with Crippen molar-refractivity contribution in [2.75, 3.05) is 5.73 Å². The van der Waals surface area contributed by atoms with Gasteiger partial charge in [0.05, 0.1) is 16.7 Å². The van der Waals surface area contributed by atoms with Gasteiger partial charge >= 0.3 is 0 Å². The molecule has 0 heterocycles. The third kappa shape index (κ3) is 2.73. The molecule has 84 valence electrons. The highest BCUT2D eigenvalue weighted by Gasteiger charge is 2.05. The van der Waals surface area contributed by atoms with Crippen LogP contribution in [0.4, 0.5) is 5.69 Å². The second-order valence-electron chi connectivity index (χ2n) is 3.40. The molecule has 0 radical (unpaired) electrons. The minimum Gasteiger partial charge on any atom is -0.398 e. The van der Waals surface area contributed by atoms with Gasteiger partial charge in [0.15, 0.2) is 0 Å². The standard InChI is InChI=1S/C13H9ClN2S/c14-10-7-9(8-15)5-6-12(10)17-13-4-2-1-3-11(13)16/h1-7H,16H2. The van der Waals surface area contributed by atoms with E-state index in [1.54, 1.807) is 12.1 Å². The number of nitriles is 1. The topological polar surface area (TPSA) is 49.8 Å². The molecule has 0 aromatic heterocycles. The quantitative estimate of drug-likeness (QED) is 0.832. The van der Waals surface area contributed by atoms with E-state index in [4.69, 9.17) is 22.6 Å². The van der Waals surface area contributed by atoms with Crippen molar-refractivity contribution < 1.29 is 0 Å². The number of nitrogens with two attached hydrogens (primary N) is 1. The van der Waals surface area contributed by atoms with Crippen molar-refractivity contribution in [1.29, 1.82) is 5.26 Å². The zero-order valence-electron chi connectivity index (χ0n) is 8.85. The monoisotopic (exact) mass is 260 g/mol. The van der Waals surface area contributed by atoms with Gasteiger partial charge in [-0.05, 0) is 30.3 Å². The first-order valence-electron chi connectivity index (χ1n) is 4.92. The van der Waals surface area contributed by atoms with Gasteiger partial charge in [-0.2, -0.15) is 5.26 Å². The minimum absolute atomic E-state index is 0.556. The smallest absolute Gasteiger partial charge is 0.0992 e. The van der Waals surface area contributed by atoms with Crippen molar-refractivity contribution >= 4 is 29.1 Å². The van der Waals surface area contributed by atoms with Crippen molar-refractivity contribution in [2.24, 2.45) is 0 Å². The second-order valence-corrected chi connectivity index (χ2v) is 4.89. The average molecular weight is 261 g/mol. The van der Waals surface area contributed by atoms with E-state index in [1.807, 2.05) is 30.3 Å². The SMILES string of the molecule is N#Cc1ccc(Sc2ccccc2N)c(Cl)c1. The van der Waals surface area contributed by atoms with Crippen molar-refractivity contribution in [3.05, 3.63) is 53.1 Å². The highest BCUT2D eigenvalue weighted by Crippen LogP contribution is 2.36. The summed E-state index contributed by atoms with van der Waals surface area (Å²) in [6.07, 6.45) is 0. The van der Waals surface area contributed by atoms with Crippen LogP contribution in [0.15, 0.2) is 52.3 Å². The molecule has 17 heavy (non-hydrogen) atoms. The molecular formula is C13H9ClN2S. The van der Waals surface area contributed by atoms with Crippen LogP contribution in [0, 0.1) is 11.3 Å². The number of anilines is 1. The molecule has 0 saturated carbocycles. The summed E-state index contributed by atoms with van der Waals surface area (Å²) in [7, 11) is 0. The van der Waals surface area contributed by atoms with Crippen molar-refractivity contribution in [2.45, 2.75) is 9.79 Å². The second kappa shape index (κ2) is 5.13. The molecule has 0 bridgehead atoms. The van der Waals surface area contributed by atoms with Gasteiger partial charge in [-0.15, -0.1) is 0 Å². The molecule has 0 fully saturated rings. The van der Waals surface area contributed by atoms with E-state index in [0.29, 0.717) is 10.6 Å². The maximum absolute atomic E-state index is 8.75. The van der Waals surface area contributed by atoms with E-state index in [2.05, 4.69) is 6.07 Å². The number of nitrogens with zero attached hydrogens (tertiary/aromatic N) is 1. The van der Waals surface area contributed by atoms with Crippen LogP contribution in [0.25, 0.3) is 0 Å². The van der Waals surface area contributed by atoms with Gasteiger partial charge in [0, 0.05) is 15.5 Å². The van der Waals surface area contributed by atoms with Gasteiger partial charge < -0.3 is 5.73 Å². The van der Waals surface area contributed by atoms with Gasteiger partial charge in [0.1, 0.15) is 0 Å². The van der Waals surface area contributed by atoms with E-state index < -0.39 is 0 Å². The minimum atomic E-state index is 0.556. The molecule has 0 atom stereocenters. The van der Waals surface area contributed by atoms with Crippen LogP contribution in [0.5, 0.6) is 0 Å². The van der Waals surface area contributed by atoms with Gasteiger partial charge in [-0.3, -0.25) is 0 Å². The fourth-order valence-electron chi connectivity index (χ4n) is 1.35. The van der Waals surface area contributed by atoms with Crippen molar-refractivity contribution in [3.8, 4) is 6.07 Å². The maximum Gasteiger partial charge on any atom is 0.0992 e. The van der Waals surface area contributed by atoms with E-state index in [-0.39, 0.29) is 0 Å². The molecule has 0 spiro atoms. The number of rotatable bonds is 2. The molecule has 2 nitrogen and oxygen atoms in total. The van der Waals surface area contributed by atoms with E-state index in [0.717, 1.165) is 15.5 Å². The number of para-hydroxylation sites is 1. The predicted octanol–water partition coefficient (Wildman–Crippen LogP) is 3.95. The number of hydrogen-bond donors (Lipinski definition) is 1. The molecule has 0 aliphatic carbocycles. The Morgan fingerprint density at radius 1 is 1.12 bits per heavy atom. The molecule has 0 unspecified atom stereocenters. The van der Waals surface area contributed by atoms with Gasteiger partial charge in [-0.1, -0.05) is 35.5 Å². The zero-order valence-corrected chi connectivity index (χ0v) is 10.4. The van der Waals surface area contributed by atoms with Crippen LogP contribution in [0.3, 0.4) is 0 Å². The van der Waals surface area contributed by atoms with Crippen molar-refractivity contribution in [3.63, 3.8) is 0 Å². The molecule has 0 saturated heterocycles. The van der Waals surface area contributed by atoms with Crippen LogP contribution < -0.4 is 5.73 Å². The van der Waals surface area contributed by atoms with Crippen molar-refractivity contribution in [1.82, 2.24) is 0 Å². The summed E-state index contributed by atoms with van der Waals surface area (Å²) >= 11 is 7.59. The number of hydrogen-bond acceptors (Lipinski definition) is 3.